The van der Waals surface area contributed by atoms with Gasteiger partial charge in [-0.25, -0.2) is 9.59 Å². The summed E-state index contributed by atoms with van der Waals surface area (Å²) < 4.78 is 38.6. The van der Waals surface area contributed by atoms with Crippen molar-refractivity contribution < 1.29 is 27.9 Å². The minimum absolute atomic E-state index is 0.0478. The first kappa shape index (κ1) is 17.3. The zero-order valence-corrected chi connectivity index (χ0v) is 12.2. The molecule has 24 heavy (non-hydrogen) atoms. The van der Waals surface area contributed by atoms with Gasteiger partial charge in [-0.15, -0.1) is 0 Å². The van der Waals surface area contributed by atoms with Crippen molar-refractivity contribution in [3.05, 3.63) is 65.2 Å². The summed E-state index contributed by atoms with van der Waals surface area (Å²) in [7, 11) is 0. The van der Waals surface area contributed by atoms with Gasteiger partial charge >= 0.3 is 18.2 Å². The van der Waals surface area contributed by atoms with Crippen molar-refractivity contribution in [2.45, 2.75) is 12.7 Å². The van der Waals surface area contributed by atoms with E-state index in [1.165, 1.54) is 42.5 Å². The average molecular weight is 338 g/mol. The maximum absolute atomic E-state index is 12.9. The topological polar surface area (TPSA) is 78.4 Å². The van der Waals surface area contributed by atoms with Crippen LogP contribution in [0, 0.1) is 0 Å². The summed E-state index contributed by atoms with van der Waals surface area (Å²) in [6.45, 7) is -0.350. The molecule has 0 bridgehead atoms. The van der Waals surface area contributed by atoms with E-state index in [2.05, 4.69) is 10.6 Å². The molecule has 8 heteroatoms. The van der Waals surface area contributed by atoms with E-state index in [4.69, 9.17) is 5.11 Å². The van der Waals surface area contributed by atoms with Crippen LogP contribution in [0.25, 0.3) is 0 Å². The third-order valence-electron chi connectivity index (χ3n) is 3.17. The van der Waals surface area contributed by atoms with Crippen molar-refractivity contribution in [1.82, 2.24) is 5.32 Å². The van der Waals surface area contributed by atoms with Gasteiger partial charge in [0.1, 0.15) is 0 Å². The molecule has 0 saturated heterocycles. The summed E-state index contributed by atoms with van der Waals surface area (Å²) >= 11 is 0. The Morgan fingerprint density at radius 3 is 2.29 bits per heavy atom. The lowest BCUT2D eigenvalue weighted by atomic mass is 10.1. The molecule has 0 radical (unpaired) electrons. The van der Waals surface area contributed by atoms with Crippen molar-refractivity contribution in [3.63, 3.8) is 0 Å². The van der Waals surface area contributed by atoms with Crippen LogP contribution in [0.15, 0.2) is 48.5 Å². The van der Waals surface area contributed by atoms with Crippen LogP contribution in [0.3, 0.4) is 0 Å². The standard InChI is InChI=1S/C16H13F3N2O3/c17-16(18,19)12-7-3-1-5-10(12)9-20-15(24)21-13-8-4-2-6-11(13)14(22)23/h1-8H,9H2,(H,22,23)(H2,20,21,24). The highest BCUT2D eigenvalue weighted by molar-refractivity contribution is 5.99. The van der Waals surface area contributed by atoms with Crippen LogP contribution in [0.2, 0.25) is 0 Å². The van der Waals surface area contributed by atoms with Gasteiger partial charge in [0.05, 0.1) is 16.8 Å². The van der Waals surface area contributed by atoms with Gasteiger partial charge in [-0.05, 0) is 23.8 Å². The van der Waals surface area contributed by atoms with Crippen molar-refractivity contribution in [2.24, 2.45) is 0 Å². The van der Waals surface area contributed by atoms with E-state index < -0.39 is 23.7 Å². The number of aromatic carboxylic acids is 1. The summed E-state index contributed by atoms with van der Waals surface area (Å²) in [6.07, 6.45) is -4.52. The minimum atomic E-state index is -4.52. The number of alkyl halides is 3. The molecule has 0 spiro atoms. The number of carbonyl (C=O) groups excluding carboxylic acids is 1. The van der Waals surface area contributed by atoms with Crippen LogP contribution in [0.1, 0.15) is 21.5 Å². The average Bonchev–Trinajstić information content (AvgIpc) is 2.52. The molecule has 0 aromatic heterocycles. The van der Waals surface area contributed by atoms with Gasteiger partial charge in [-0.1, -0.05) is 30.3 Å². The molecular weight excluding hydrogens is 325 g/mol. The lowest BCUT2D eigenvalue weighted by molar-refractivity contribution is -0.138. The second kappa shape index (κ2) is 7.03. The summed E-state index contributed by atoms with van der Waals surface area (Å²) in [5.41, 5.74) is -1.00. The third kappa shape index (κ3) is 4.25. The Kier molecular flexibility index (Phi) is 5.08. The van der Waals surface area contributed by atoms with Crippen molar-refractivity contribution in [1.29, 1.82) is 0 Å². The van der Waals surface area contributed by atoms with Gasteiger partial charge in [0, 0.05) is 6.54 Å². The molecular formula is C16H13F3N2O3. The van der Waals surface area contributed by atoms with Crippen LogP contribution in [0.5, 0.6) is 0 Å². The molecule has 2 aromatic carbocycles. The van der Waals surface area contributed by atoms with Gasteiger partial charge in [0.25, 0.3) is 0 Å². The normalized spacial score (nSPS) is 11.0. The van der Waals surface area contributed by atoms with Crippen molar-refractivity contribution >= 4 is 17.7 Å². The van der Waals surface area contributed by atoms with Crippen LogP contribution in [0.4, 0.5) is 23.7 Å². The summed E-state index contributed by atoms with van der Waals surface area (Å²) in [5.74, 6) is -1.23. The Balaban J connectivity index is 2.07. The van der Waals surface area contributed by atoms with Gasteiger partial charge in [0.2, 0.25) is 0 Å². The second-order valence-electron chi connectivity index (χ2n) is 4.81. The number of amides is 2. The number of halogens is 3. The van der Waals surface area contributed by atoms with Crippen LogP contribution < -0.4 is 10.6 Å². The predicted octanol–water partition coefficient (Wildman–Crippen LogP) is 3.73. The first-order chi connectivity index (χ1) is 11.3. The Labute approximate surface area is 135 Å². The number of carbonyl (C=O) groups is 2. The number of para-hydroxylation sites is 1. The highest BCUT2D eigenvalue weighted by Gasteiger charge is 2.32. The monoisotopic (exact) mass is 338 g/mol. The van der Waals surface area contributed by atoms with E-state index >= 15 is 0 Å². The molecule has 0 atom stereocenters. The predicted molar refractivity (Wildman–Crippen MR) is 80.7 cm³/mol. The van der Waals surface area contributed by atoms with Gasteiger partial charge < -0.3 is 15.7 Å². The van der Waals surface area contributed by atoms with E-state index in [0.717, 1.165) is 6.07 Å². The highest BCUT2D eigenvalue weighted by Crippen LogP contribution is 2.31. The summed E-state index contributed by atoms with van der Waals surface area (Å²) in [6, 6.07) is 9.78. The fourth-order valence-corrected chi connectivity index (χ4v) is 2.07. The number of anilines is 1. The third-order valence-corrected chi connectivity index (χ3v) is 3.17. The fourth-order valence-electron chi connectivity index (χ4n) is 2.07. The van der Waals surface area contributed by atoms with Crippen LogP contribution in [-0.2, 0) is 12.7 Å². The largest absolute Gasteiger partial charge is 0.478 e. The van der Waals surface area contributed by atoms with Gasteiger partial charge in [-0.3, -0.25) is 0 Å². The zero-order chi connectivity index (χ0) is 17.7. The number of benzene rings is 2. The van der Waals surface area contributed by atoms with Crippen LogP contribution >= 0.6 is 0 Å². The molecule has 0 saturated carbocycles. The lowest BCUT2D eigenvalue weighted by Gasteiger charge is -2.14. The molecule has 0 aliphatic rings. The Bertz CT molecular complexity index is 760. The quantitative estimate of drug-likeness (QED) is 0.795. The molecule has 0 fully saturated rings. The Morgan fingerprint density at radius 2 is 1.62 bits per heavy atom. The highest BCUT2D eigenvalue weighted by atomic mass is 19.4. The number of hydrogen-bond acceptors (Lipinski definition) is 2. The number of urea groups is 1. The molecule has 126 valence electrons. The first-order valence-corrected chi connectivity index (χ1v) is 6.81. The molecule has 5 nitrogen and oxygen atoms in total. The molecule has 3 N–H and O–H groups in total. The maximum atomic E-state index is 12.9. The minimum Gasteiger partial charge on any atom is -0.478 e. The number of carboxylic acid groups (broad SMARTS) is 1. The van der Waals surface area contributed by atoms with Crippen molar-refractivity contribution in [3.8, 4) is 0 Å². The fraction of sp³-hybridized carbons (Fsp3) is 0.125. The molecule has 0 aliphatic heterocycles. The molecule has 2 aromatic rings. The zero-order valence-electron chi connectivity index (χ0n) is 12.2. The number of carboxylic acids is 1. The number of rotatable bonds is 4. The van der Waals surface area contributed by atoms with E-state index in [1.807, 2.05) is 0 Å². The Morgan fingerprint density at radius 1 is 1.00 bits per heavy atom. The van der Waals surface area contributed by atoms with Crippen LogP contribution in [-0.4, -0.2) is 17.1 Å². The van der Waals surface area contributed by atoms with E-state index in [-0.39, 0.29) is 23.4 Å². The van der Waals surface area contributed by atoms with E-state index in [9.17, 15) is 22.8 Å². The van der Waals surface area contributed by atoms with Gasteiger partial charge in [-0.2, -0.15) is 13.2 Å². The molecule has 2 rings (SSSR count). The van der Waals surface area contributed by atoms with E-state index in [1.54, 1.807) is 0 Å². The SMILES string of the molecule is O=C(NCc1ccccc1C(F)(F)F)Nc1ccccc1C(=O)O. The van der Waals surface area contributed by atoms with Crippen molar-refractivity contribution in [2.75, 3.05) is 5.32 Å². The first-order valence-electron chi connectivity index (χ1n) is 6.81. The maximum Gasteiger partial charge on any atom is 0.416 e. The Hall–Kier alpha value is -3.03. The molecule has 0 unspecified atom stereocenters. The number of hydrogen-bond donors (Lipinski definition) is 3. The van der Waals surface area contributed by atoms with E-state index in [0.29, 0.717) is 0 Å². The molecule has 2 amide bonds. The molecule has 0 aliphatic carbocycles. The second-order valence-corrected chi connectivity index (χ2v) is 4.81. The van der Waals surface area contributed by atoms with Gasteiger partial charge in [0.15, 0.2) is 0 Å². The summed E-state index contributed by atoms with van der Waals surface area (Å²) in [4.78, 5) is 22.9. The smallest absolute Gasteiger partial charge is 0.416 e. The number of nitrogens with one attached hydrogen (secondary N) is 2. The summed E-state index contributed by atoms with van der Waals surface area (Å²) in [5, 5.41) is 13.6. The lowest BCUT2D eigenvalue weighted by Crippen LogP contribution is -2.29. The molecule has 0 heterocycles.